The Balaban J connectivity index is 1.62. The van der Waals surface area contributed by atoms with Crippen molar-refractivity contribution in [3.63, 3.8) is 0 Å². The molecule has 2 fully saturated rings. The van der Waals surface area contributed by atoms with Gasteiger partial charge < -0.3 is 24.2 Å². The van der Waals surface area contributed by atoms with Crippen LogP contribution in [0.2, 0.25) is 0 Å². The Hall–Kier alpha value is -2.23. The first-order valence-corrected chi connectivity index (χ1v) is 10.0. The van der Waals surface area contributed by atoms with E-state index >= 15 is 0 Å². The lowest BCUT2D eigenvalue weighted by Gasteiger charge is -2.38. The van der Waals surface area contributed by atoms with Crippen molar-refractivity contribution >= 4 is 5.91 Å². The number of hydrogen-bond acceptors (Lipinski definition) is 5. The van der Waals surface area contributed by atoms with Crippen LogP contribution in [-0.2, 0) is 0 Å². The van der Waals surface area contributed by atoms with E-state index in [9.17, 15) is 4.79 Å². The van der Waals surface area contributed by atoms with Crippen molar-refractivity contribution in [2.45, 2.75) is 12.8 Å². The lowest BCUT2D eigenvalue weighted by atomic mass is 9.96. The summed E-state index contributed by atoms with van der Waals surface area (Å²) in [6.45, 7) is 7.35. The van der Waals surface area contributed by atoms with Crippen LogP contribution in [0.5, 0.6) is 11.5 Å². The molecule has 0 radical (unpaired) electrons. The average Bonchev–Trinajstić information content (AvgIpc) is 2.73. The van der Waals surface area contributed by atoms with E-state index in [4.69, 9.17) is 15.9 Å². The van der Waals surface area contributed by atoms with Gasteiger partial charge in [0, 0.05) is 51.4 Å². The second-order valence-corrected chi connectivity index (χ2v) is 7.72. The number of nitrogens with zero attached hydrogens (tertiary/aromatic N) is 3. The molecule has 1 atom stereocenters. The smallest absolute Gasteiger partial charge is 0.254 e. The zero-order valence-corrected chi connectivity index (χ0v) is 17.0. The molecule has 3 rings (SSSR count). The molecule has 6 nitrogen and oxygen atoms in total. The van der Waals surface area contributed by atoms with Crippen LogP contribution >= 0.6 is 0 Å². The van der Waals surface area contributed by atoms with Crippen molar-refractivity contribution < 1.29 is 14.3 Å². The maximum absolute atomic E-state index is 13.1. The maximum Gasteiger partial charge on any atom is 0.254 e. The predicted octanol–water partition coefficient (Wildman–Crippen LogP) is 1.81. The van der Waals surface area contributed by atoms with Gasteiger partial charge in [0.2, 0.25) is 0 Å². The number of piperazine rings is 1. The largest absolute Gasteiger partial charge is 0.493 e. The van der Waals surface area contributed by atoms with E-state index < -0.39 is 0 Å². The molecule has 6 heteroatoms. The van der Waals surface area contributed by atoms with Gasteiger partial charge in [-0.15, -0.1) is 6.42 Å². The van der Waals surface area contributed by atoms with Gasteiger partial charge in [0.05, 0.1) is 7.11 Å². The summed E-state index contributed by atoms with van der Waals surface area (Å²) >= 11 is 0. The summed E-state index contributed by atoms with van der Waals surface area (Å²) in [5, 5.41) is 0. The standard InChI is InChI=1S/C22H31N3O3/c1-4-14-28-21-15-19(7-8-20(21)27-3)22(26)25-9-5-6-18(17-25)16-24-12-10-23(2)11-13-24/h1,7-8,15,18H,5-6,9-14,16-17H2,2-3H3. The van der Waals surface area contributed by atoms with E-state index in [-0.39, 0.29) is 12.5 Å². The molecule has 0 aromatic heterocycles. The Bertz CT molecular complexity index is 707. The molecule has 0 saturated carbocycles. The van der Waals surface area contributed by atoms with Crippen LogP contribution in [0.4, 0.5) is 0 Å². The molecule has 28 heavy (non-hydrogen) atoms. The molecular weight excluding hydrogens is 354 g/mol. The van der Waals surface area contributed by atoms with Gasteiger partial charge in [0.25, 0.3) is 5.91 Å². The third kappa shape index (κ3) is 5.18. The molecule has 2 aliphatic rings. The van der Waals surface area contributed by atoms with Gasteiger partial charge in [-0.05, 0) is 44.0 Å². The summed E-state index contributed by atoms with van der Waals surface area (Å²) in [5.74, 6) is 4.13. The van der Waals surface area contributed by atoms with Gasteiger partial charge in [-0.1, -0.05) is 5.92 Å². The fraction of sp³-hybridized carbons (Fsp3) is 0.591. The van der Waals surface area contributed by atoms with Gasteiger partial charge >= 0.3 is 0 Å². The van der Waals surface area contributed by atoms with E-state index in [1.54, 1.807) is 25.3 Å². The van der Waals surface area contributed by atoms with Gasteiger partial charge in [-0.25, -0.2) is 0 Å². The first kappa shape index (κ1) is 20.5. The lowest BCUT2D eigenvalue weighted by Crippen LogP contribution is -2.49. The van der Waals surface area contributed by atoms with Crippen molar-refractivity contribution in [1.29, 1.82) is 0 Å². The Labute approximate surface area is 168 Å². The molecule has 2 heterocycles. The second kappa shape index (κ2) is 9.81. The quantitative estimate of drug-likeness (QED) is 0.699. The monoisotopic (exact) mass is 385 g/mol. The summed E-state index contributed by atoms with van der Waals surface area (Å²) in [6, 6.07) is 5.31. The molecule has 0 spiro atoms. The number of carbonyl (C=O) groups is 1. The van der Waals surface area contributed by atoms with Gasteiger partial charge in [-0.2, -0.15) is 0 Å². The minimum absolute atomic E-state index is 0.0521. The second-order valence-electron chi connectivity index (χ2n) is 7.72. The third-order valence-corrected chi connectivity index (χ3v) is 5.64. The Morgan fingerprint density at radius 2 is 2.00 bits per heavy atom. The molecule has 1 unspecified atom stereocenters. The number of benzene rings is 1. The number of hydrogen-bond donors (Lipinski definition) is 0. The number of amides is 1. The Kier molecular flexibility index (Phi) is 7.18. The van der Waals surface area contributed by atoms with E-state index in [2.05, 4.69) is 22.8 Å². The van der Waals surface area contributed by atoms with Crippen LogP contribution in [-0.4, -0.2) is 87.2 Å². The summed E-state index contributed by atoms with van der Waals surface area (Å²) in [5.41, 5.74) is 0.619. The molecule has 1 amide bonds. The number of ether oxygens (including phenoxy) is 2. The molecular formula is C22H31N3O3. The first-order valence-electron chi connectivity index (χ1n) is 10.0. The zero-order chi connectivity index (χ0) is 19.9. The number of rotatable bonds is 6. The molecule has 2 saturated heterocycles. The SMILES string of the molecule is C#CCOc1cc(C(=O)N2CCCC(CN3CCN(C)CC3)C2)ccc1OC. The predicted molar refractivity (Wildman–Crippen MR) is 110 cm³/mol. The highest BCUT2D eigenvalue weighted by Crippen LogP contribution is 2.29. The molecule has 0 N–H and O–H groups in total. The summed E-state index contributed by atoms with van der Waals surface area (Å²) < 4.78 is 10.8. The molecule has 1 aromatic carbocycles. The zero-order valence-electron chi connectivity index (χ0n) is 17.0. The fourth-order valence-corrected chi connectivity index (χ4v) is 4.02. The van der Waals surface area contributed by atoms with E-state index in [1.165, 1.54) is 6.42 Å². The average molecular weight is 386 g/mol. The number of terminal acetylenes is 1. The molecule has 0 aliphatic carbocycles. The van der Waals surface area contributed by atoms with Crippen molar-refractivity contribution in [3.8, 4) is 23.8 Å². The van der Waals surface area contributed by atoms with Crippen LogP contribution in [0.25, 0.3) is 0 Å². The summed E-state index contributed by atoms with van der Waals surface area (Å²) in [6.07, 6.45) is 7.53. The molecule has 0 bridgehead atoms. The maximum atomic E-state index is 13.1. The topological polar surface area (TPSA) is 45.2 Å². The first-order chi connectivity index (χ1) is 13.6. The van der Waals surface area contributed by atoms with E-state index in [1.807, 2.05) is 4.90 Å². The van der Waals surface area contributed by atoms with Gasteiger partial charge in [0.1, 0.15) is 6.61 Å². The minimum Gasteiger partial charge on any atom is -0.493 e. The van der Waals surface area contributed by atoms with Crippen LogP contribution in [0.15, 0.2) is 18.2 Å². The van der Waals surface area contributed by atoms with E-state index in [0.717, 1.165) is 52.2 Å². The summed E-state index contributed by atoms with van der Waals surface area (Å²) in [7, 11) is 3.75. The number of methoxy groups -OCH3 is 1. The normalized spacial score (nSPS) is 21.2. The Morgan fingerprint density at radius 3 is 2.71 bits per heavy atom. The van der Waals surface area contributed by atoms with Crippen LogP contribution in [0, 0.1) is 18.3 Å². The van der Waals surface area contributed by atoms with Gasteiger partial charge in [0.15, 0.2) is 11.5 Å². The van der Waals surface area contributed by atoms with Crippen LogP contribution in [0.1, 0.15) is 23.2 Å². The number of likely N-dealkylation sites (tertiary alicyclic amines) is 1. The number of likely N-dealkylation sites (N-methyl/N-ethyl adjacent to an activating group) is 1. The Morgan fingerprint density at radius 1 is 1.21 bits per heavy atom. The molecule has 152 valence electrons. The third-order valence-electron chi connectivity index (χ3n) is 5.64. The van der Waals surface area contributed by atoms with E-state index in [0.29, 0.717) is 23.0 Å². The molecule has 1 aromatic rings. The molecule has 2 aliphatic heterocycles. The minimum atomic E-state index is 0.0521. The highest BCUT2D eigenvalue weighted by Gasteiger charge is 2.27. The number of carbonyl (C=O) groups excluding carboxylic acids is 1. The number of piperidine rings is 1. The van der Waals surface area contributed by atoms with Crippen molar-refractivity contribution in [2.75, 3.05) is 66.6 Å². The van der Waals surface area contributed by atoms with Crippen LogP contribution in [0.3, 0.4) is 0 Å². The summed E-state index contributed by atoms with van der Waals surface area (Å²) in [4.78, 5) is 20.0. The van der Waals surface area contributed by atoms with Gasteiger partial charge in [-0.3, -0.25) is 4.79 Å². The van der Waals surface area contributed by atoms with Crippen molar-refractivity contribution in [2.24, 2.45) is 5.92 Å². The fourth-order valence-electron chi connectivity index (χ4n) is 4.02. The highest BCUT2D eigenvalue weighted by atomic mass is 16.5. The van der Waals surface area contributed by atoms with Crippen LogP contribution < -0.4 is 9.47 Å². The highest BCUT2D eigenvalue weighted by molar-refractivity contribution is 5.95. The van der Waals surface area contributed by atoms with Crippen molar-refractivity contribution in [1.82, 2.24) is 14.7 Å². The lowest BCUT2D eigenvalue weighted by molar-refractivity contribution is 0.0609. The van der Waals surface area contributed by atoms with Crippen molar-refractivity contribution in [3.05, 3.63) is 23.8 Å².